The number of hydrogen-bond donors (Lipinski definition) is 0. The summed E-state index contributed by atoms with van der Waals surface area (Å²) in [4.78, 5) is 2.41. The first-order valence-electron chi connectivity index (χ1n) is 22.6. The molecule has 0 spiro atoms. The lowest BCUT2D eigenvalue weighted by Crippen LogP contribution is -2.16. The van der Waals surface area contributed by atoms with Gasteiger partial charge in [-0.25, -0.2) is 0 Å². The quantitative estimate of drug-likeness (QED) is 0.148. The van der Waals surface area contributed by atoms with Gasteiger partial charge in [-0.3, -0.25) is 0 Å². The van der Waals surface area contributed by atoms with Gasteiger partial charge in [0.15, 0.2) is 0 Å². The van der Waals surface area contributed by atoms with Crippen molar-refractivity contribution in [3.8, 4) is 61.3 Å². The molecule has 0 unspecified atom stereocenters. The fourth-order valence-corrected chi connectivity index (χ4v) is 10.3. The van der Waals surface area contributed by atoms with Crippen LogP contribution >= 0.6 is 0 Å². The zero-order chi connectivity index (χ0) is 43.5. The minimum absolute atomic E-state index is 0.113. The van der Waals surface area contributed by atoms with Gasteiger partial charge in [0, 0.05) is 38.8 Å². The van der Waals surface area contributed by atoms with E-state index in [0.717, 1.165) is 28.3 Å². The molecule has 0 saturated carbocycles. The zero-order valence-electron chi connectivity index (χ0n) is 36.5. The maximum Gasteiger partial charge on any atom is 0.0547 e. The summed E-state index contributed by atoms with van der Waals surface area (Å²) in [5, 5.41) is 2.48. The lowest BCUT2D eigenvalue weighted by atomic mass is 9.82. The number of hydrogen-bond acceptors (Lipinski definition) is 1. The molecule has 0 bridgehead atoms. The highest BCUT2D eigenvalue weighted by Gasteiger charge is 2.35. The molecule has 65 heavy (non-hydrogen) atoms. The normalized spacial score (nSPS) is 12.6. The van der Waals surface area contributed by atoms with E-state index in [9.17, 15) is 0 Å². The van der Waals surface area contributed by atoms with E-state index in [4.69, 9.17) is 0 Å². The standard InChI is InChI=1S/C63H46N2/c1-63(2)58-25-12-9-23-54(58)55-39-37-52(42-59(55)63)64(50-33-28-45(29-34-50)43-16-5-3-6-17-43)51-35-30-46(31-36-51)53-22-10-13-26-60(53)65-61-27-14-11-24-56(61)57-38-32-49(41-62(57)65)48-21-15-20-47(40-48)44-18-7-4-8-19-44/h3-42H,1-2H3. The van der Waals surface area contributed by atoms with Crippen molar-refractivity contribution >= 4 is 38.9 Å². The Kier molecular flexibility index (Phi) is 9.21. The number of para-hydroxylation sites is 2. The number of anilines is 3. The van der Waals surface area contributed by atoms with E-state index in [-0.39, 0.29) is 5.41 Å². The topological polar surface area (TPSA) is 8.17 Å². The van der Waals surface area contributed by atoms with Crippen LogP contribution in [-0.2, 0) is 5.41 Å². The molecule has 1 aromatic heterocycles. The molecule has 11 aromatic rings. The van der Waals surface area contributed by atoms with Crippen molar-refractivity contribution in [2.45, 2.75) is 19.3 Å². The fraction of sp³-hybridized carbons (Fsp3) is 0.0476. The SMILES string of the molecule is CC1(C)c2ccccc2-c2ccc(N(c3ccc(-c4ccccc4)cc3)c3ccc(-c4ccccc4-n4c5ccccc5c5ccc(-c6cccc(-c7ccccc7)c6)cc54)cc3)cc21. The Balaban J connectivity index is 0.965. The third-order valence-corrected chi connectivity index (χ3v) is 13.6. The zero-order valence-corrected chi connectivity index (χ0v) is 36.5. The minimum Gasteiger partial charge on any atom is -0.310 e. The van der Waals surface area contributed by atoms with Crippen molar-refractivity contribution in [3.63, 3.8) is 0 Å². The molecule has 1 heterocycles. The molecule has 1 aliphatic rings. The van der Waals surface area contributed by atoms with E-state index in [1.165, 1.54) is 83.0 Å². The van der Waals surface area contributed by atoms with Crippen LogP contribution in [0.4, 0.5) is 17.1 Å². The van der Waals surface area contributed by atoms with Crippen molar-refractivity contribution in [3.05, 3.63) is 254 Å². The molecule has 2 heteroatoms. The Hall–Kier alpha value is -8.20. The van der Waals surface area contributed by atoms with Crippen LogP contribution in [0.25, 0.3) is 83.1 Å². The molecule has 308 valence electrons. The second-order valence-corrected chi connectivity index (χ2v) is 17.7. The average Bonchev–Trinajstić information content (AvgIpc) is 3.82. The highest BCUT2D eigenvalue weighted by Crippen LogP contribution is 2.51. The predicted molar refractivity (Wildman–Crippen MR) is 275 cm³/mol. The Morgan fingerprint density at radius 2 is 0.800 bits per heavy atom. The van der Waals surface area contributed by atoms with E-state index in [1.54, 1.807) is 0 Å². The Bertz CT molecular complexity index is 3540. The van der Waals surface area contributed by atoms with Crippen molar-refractivity contribution in [1.29, 1.82) is 0 Å². The Morgan fingerprint density at radius 1 is 0.308 bits per heavy atom. The summed E-state index contributed by atoms with van der Waals surface area (Å²) in [5.74, 6) is 0. The molecule has 0 amide bonds. The number of nitrogens with zero attached hydrogens (tertiary/aromatic N) is 2. The van der Waals surface area contributed by atoms with Gasteiger partial charge in [-0.1, -0.05) is 196 Å². The van der Waals surface area contributed by atoms with Crippen molar-refractivity contribution in [2.24, 2.45) is 0 Å². The van der Waals surface area contributed by atoms with Gasteiger partial charge in [0.05, 0.1) is 16.7 Å². The molecule has 0 radical (unpaired) electrons. The summed E-state index contributed by atoms with van der Waals surface area (Å²) < 4.78 is 2.46. The van der Waals surface area contributed by atoms with E-state index >= 15 is 0 Å². The van der Waals surface area contributed by atoms with Crippen LogP contribution in [0.5, 0.6) is 0 Å². The number of rotatable bonds is 8. The maximum atomic E-state index is 2.46. The maximum absolute atomic E-state index is 2.46. The third-order valence-electron chi connectivity index (χ3n) is 13.6. The van der Waals surface area contributed by atoms with Crippen LogP contribution in [0.1, 0.15) is 25.0 Å². The van der Waals surface area contributed by atoms with Crippen LogP contribution in [0.3, 0.4) is 0 Å². The molecule has 1 aliphatic carbocycles. The summed E-state index contributed by atoms with van der Waals surface area (Å²) >= 11 is 0. The molecule has 0 aliphatic heterocycles. The highest BCUT2D eigenvalue weighted by atomic mass is 15.1. The summed E-state index contributed by atoms with van der Waals surface area (Å²) in [7, 11) is 0. The molecule has 0 atom stereocenters. The van der Waals surface area contributed by atoms with Crippen LogP contribution in [0.15, 0.2) is 243 Å². The second-order valence-electron chi connectivity index (χ2n) is 17.7. The fourth-order valence-electron chi connectivity index (χ4n) is 10.3. The summed E-state index contributed by atoms with van der Waals surface area (Å²) in [6.07, 6.45) is 0. The van der Waals surface area contributed by atoms with Gasteiger partial charge in [0.2, 0.25) is 0 Å². The summed E-state index contributed by atoms with van der Waals surface area (Å²) in [6.45, 7) is 4.71. The largest absolute Gasteiger partial charge is 0.310 e. The van der Waals surface area contributed by atoms with Gasteiger partial charge in [0.1, 0.15) is 0 Å². The minimum atomic E-state index is -0.113. The van der Waals surface area contributed by atoms with Gasteiger partial charge in [-0.05, 0) is 122 Å². The lowest BCUT2D eigenvalue weighted by Gasteiger charge is -2.28. The second kappa shape index (κ2) is 15.6. The van der Waals surface area contributed by atoms with Gasteiger partial charge in [-0.15, -0.1) is 0 Å². The van der Waals surface area contributed by atoms with Crippen LogP contribution in [0, 0.1) is 0 Å². The molecular weight excluding hydrogens is 785 g/mol. The third kappa shape index (κ3) is 6.57. The predicted octanol–water partition coefficient (Wildman–Crippen LogP) is 17.2. The molecule has 2 nitrogen and oxygen atoms in total. The monoisotopic (exact) mass is 830 g/mol. The first kappa shape index (κ1) is 38.5. The number of aromatic nitrogens is 1. The van der Waals surface area contributed by atoms with Crippen molar-refractivity contribution in [1.82, 2.24) is 4.57 Å². The Morgan fingerprint density at radius 3 is 1.54 bits per heavy atom. The average molecular weight is 831 g/mol. The van der Waals surface area contributed by atoms with Gasteiger partial charge in [0.25, 0.3) is 0 Å². The first-order chi connectivity index (χ1) is 32.0. The number of benzene rings is 10. The van der Waals surface area contributed by atoms with Crippen LogP contribution in [-0.4, -0.2) is 4.57 Å². The van der Waals surface area contributed by atoms with Crippen molar-refractivity contribution in [2.75, 3.05) is 4.90 Å². The molecule has 12 rings (SSSR count). The van der Waals surface area contributed by atoms with E-state index in [1.807, 2.05) is 0 Å². The Labute approximate surface area is 381 Å². The van der Waals surface area contributed by atoms with Gasteiger partial charge < -0.3 is 9.47 Å². The lowest BCUT2D eigenvalue weighted by molar-refractivity contribution is 0.660. The van der Waals surface area contributed by atoms with Crippen LogP contribution in [0.2, 0.25) is 0 Å². The number of fused-ring (bicyclic) bond motifs is 6. The molecular formula is C63H46N2. The van der Waals surface area contributed by atoms with E-state index in [0.29, 0.717) is 0 Å². The molecule has 10 aromatic carbocycles. The van der Waals surface area contributed by atoms with Gasteiger partial charge >= 0.3 is 0 Å². The van der Waals surface area contributed by atoms with Crippen molar-refractivity contribution < 1.29 is 0 Å². The summed E-state index contributed by atoms with van der Waals surface area (Å²) in [6, 6.07) is 88.8. The van der Waals surface area contributed by atoms with E-state index < -0.39 is 0 Å². The highest BCUT2D eigenvalue weighted by molar-refractivity contribution is 6.11. The van der Waals surface area contributed by atoms with E-state index in [2.05, 4.69) is 266 Å². The molecule has 0 N–H and O–H groups in total. The molecule has 0 fully saturated rings. The molecule has 0 saturated heterocycles. The first-order valence-corrected chi connectivity index (χ1v) is 22.6. The van der Waals surface area contributed by atoms with Gasteiger partial charge in [-0.2, -0.15) is 0 Å². The smallest absolute Gasteiger partial charge is 0.0547 e. The summed E-state index contributed by atoms with van der Waals surface area (Å²) in [5.41, 5.74) is 21.7. The van der Waals surface area contributed by atoms with Crippen LogP contribution < -0.4 is 4.90 Å².